The molecule has 2 unspecified atom stereocenters. The van der Waals surface area contributed by atoms with E-state index in [4.69, 9.17) is 0 Å². The van der Waals surface area contributed by atoms with E-state index in [0.717, 1.165) is 25.7 Å². The van der Waals surface area contributed by atoms with Gasteiger partial charge in [0.2, 0.25) is 0 Å². The minimum atomic E-state index is -0.679. The van der Waals surface area contributed by atoms with E-state index in [0.29, 0.717) is 24.7 Å². The monoisotopic (exact) mass is 318 g/mol. The summed E-state index contributed by atoms with van der Waals surface area (Å²) in [5, 5.41) is 21.1. The third kappa shape index (κ3) is 1.76. The summed E-state index contributed by atoms with van der Waals surface area (Å²) >= 11 is 0. The summed E-state index contributed by atoms with van der Waals surface area (Å²) in [6.45, 7) is 8.48. The predicted octanol–water partition coefficient (Wildman–Crippen LogP) is 3.10. The van der Waals surface area contributed by atoms with Crippen LogP contribution in [0.2, 0.25) is 0 Å². The molecule has 0 heterocycles. The number of hydrogen-bond donors (Lipinski definition) is 2. The van der Waals surface area contributed by atoms with Gasteiger partial charge in [-0.25, -0.2) is 0 Å². The van der Waals surface area contributed by atoms with Crippen molar-refractivity contribution in [2.75, 3.05) is 6.61 Å². The highest BCUT2D eigenvalue weighted by atomic mass is 16.3. The van der Waals surface area contributed by atoms with E-state index in [2.05, 4.69) is 13.5 Å². The molecule has 4 aliphatic carbocycles. The average molecular weight is 318 g/mol. The number of carbonyl (C=O) groups excluding carboxylic acids is 1. The van der Waals surface area contributed by atoms with Crippen molar-refractivity contribution in [3.63, 3.8) is 0 Å². The first-order valence-corrected chi connectivity index (χ1v) is 9.28. The summed E-state index contributed by atoms with van der Waals surface area (Å²) in [6, 6.07) is 0. The van der Waals surface area contributed by atoms with Crippen LogP contribution in [-0.2, 0) is 4.79 Å². The van der Waals surface area contributed by atoms with Gasteiger partial charge < -0.3 is 10.2 Å². The topological polar surface area (TPSA) is 57.5 Å². The molecule has 23 heavy (non-hydrogen) atoms. The molecule has 1 spiro atoms. The maximum absolute atomic E-state index is 12.6. The van der Waals surface area contributed by atoms with Crippen molar-refractivity contribution in [2.24, 2.45) is 34.0 Å². The smallest absolute Gasteiger partial charge is 0.141 e. The Balaban J connectivity index is 1.80. The Bertz CT molecular complexity index is 569. The normalized spacial score (nSPS) is 55.5. The van der Waals surface area contributed by atoms with Crippen molar-refractivity contribution in [3.05, 3.63) is 12.2 Å². The Labute approximate surface area is 139 Å². The molecule has 128 valence electrons. The van der Waals surface area contributed by atoms with E-state index in [-0.39, 0.29) is 35.2 Å². The lowest BCUT2D eigenvalue weighted by molar-refractivity contribution is -0.204. The zero-order valence-electron chi connectivity index (χ0n) is 14.5. The third-order valence-electron chi connectivity index (χ3n) is 8.60. The molecular weight excluding hydrogens is 288 g/mol. The fourth-order valence-electron chi connectivity index (χ4n) is 7.31. The van der Waals surface area contributed by atoms with Crippen molar-refractivity contribution in [1.29, 1.82) is 0 Å². The molecule has 4 rings (SSSR count). The van der Waals surface area contributed by atoms with E-state index in [1.807, 2.05) is 6.92 Å². The van der Waals surface area contributed by atoms with Gasteiger partial charge in [0.25, 0.3) is 0 Å². The minimum Gasteiger partial charge on any atom is -0.395 e. The van der Waals surface area contributed by atoms with E-state index < -0.39 is 5.41 Å². The lowest BCUT2D eigenvalue weighted by atomic mass is 9.40. The number of fused-ring (bicyclic) bond motifs is 3. The number of carbonyl (C=O) groups is 1. The maximum atomic E-state index is 12.6. The number of allylic oxidation sites excluding steroid dienone is 1. The fourth-order valence-corrected chi connectivity index (χ4v) is 7.31. The molecule has 0 saturated heterocycles. The fraction of sp³-hybridized carbons (Fsp3) is 0.850. The molecule has 2 N–H and O–H groups in total. The van der Waals surface area contributed by atoms with Gasteiger partial charge in [0, 0.05) is 11.8 Å². The van der Waals surface area contributed by atoms with Crippen LogP contribution >= 0.6 is 0 Å². The van der Waals surface area contributed by atoms with Crippen LogP contribution in [0, 0.1) is 34.0 Å². The van der Waals surface area contributed by atoms with Gasteiger partial charge in [-0.05, 0) is 61.7 Å². The molecule has 7 atom stereocenters. The maximum Gasteiger partial charge on any atom is 0.141 e. The van der Waals surface area contributed by atoms with Gasteiger partial charge in [-0.2, -0.15) is 0 Å². The van der Waals surface area contributed by atoms with Gasteiger partial charge in [0.1, 0.15) is 5.78 Å². The molecule has 3 heteroatoms. The van der Waals surface area contributed by atoms with Gasteiger partial charge in [-0.1, -0.05) is 26.0 Å². The van der Waals surface area contributed by atoms with E-state index in [1.165, 1.54) is 12.0 Å². The molecule has 0 aliphatic heterocycles. The van der Waals surface area contributed by atoms with Crippen LogP contribution in [-0.4, -0.2) is 28.7 Å². The lowest BCUT2D eigenvalue weighted by Crippen LogP contribution is -2.64. The van der Waals surface area contributed by atoms with E-state index >= 15 is 0 Å². The van der Waals surface area contributed by atoms with Gasteiger partial charge in [0.15, 0.2) is 0 Å². The summed E-state index contributed by atoms with van der Waals surface area (Å²) in [5.41, 5.74) is 0.704. The second-order valence-electron chi connectivity index (χ2n) is 9.41. The Kier molecular flexibility index (Phi) is 3.23. The first-order chi connectivity index (χ1) is 10.8. The quantitative estimate of drug-likeness (QED) is 0.731. The average Bonchev–Trinajstić information content (AvgIpc) is 2.78. The molecule has 4 saturated carbocycles. The van der Waals surface area contributed by atoms with Gasteiger partial charge in [0.05, 0.1) is 18.1 Å². The molecule has 0 aromatic carbocycles. The molecule has 4 aliphatic rings. The molecule has 0 radical (unpaired) electrons. The molecular formula is C20H30O3. The van der Waals surface area contributed by atoms with Crippen molar-refractivity contribution in [1.82, 2.24) is 0 Å². The van der Waals surface area contributed by atoms with Crippen LogP contribution in [0.5, 0.6) is 0 Å². The number of aliphatic hydroxyl groups excluding tert-OH is 2. The number of hydrogen-bond acceptors (Lipinski definition) is 3. The standard InChI is InChI=1S/C20H30O3/c1-12-9-20-10-13(12)4-5-14(20)18(2)7-6-16(22)19(3,11-21)15(18)8-17(20)23/h13-15,17,21,23H,1,4-11H2,2-3H3/t13-,14?,15?,17+,18+,19-,20+/m1/s1. The summed E-state index contributed by atoms with van der Waals surface area (Å²) in [7, 11) is 0. The Morgan fingerprint density at radius 3 is 2.70 bits per heavy atom. The summed E-state index contributed by atoms with van der Waals surface area (Å²) < 4.78 is 0. The Morgan fingerprint density at radius 1 is 1.26 bits per heavy atom. The molecule has 3 nitrogen and oxygen atoms in total. The highest BCUT2D eigenvalue weighted by molar-refractivity contribution is 5.86. The van der Waals surface area contributed by atoms with Crippen LogP contribution in [0.25, 0.3) is 0 Å². The summed E-state index contributed by atoms with van der Waals surface area (Å²) in [6.07, 6.45) is 6.19. The van der Waals surface area contributed by atoms with E-state index in [1.54, 1.807) is 0 Å². The largest absolute Gasteiger partial charge is 0.395 e. The highest BCUT2D eigenvalue weighted by Gasteiger charge is 2.68. The van der Waals surface area contributed by atoms with Gasteiger partial charge >= 0.3 is 0 Å². The zero-order chi connectivity index (χ0) is 16.6. The molecule has 2 bridgehead atoms. The number of rotatable bonds is 1. The molecule has 4 fully saturated rings. The Hall–Kier alpha value is -0.670. The predicted molar refractivity (Wildman–Crippen MR) is 88.7 cm³/mol. The number of ketones is 1. The van der Waals surface area contributed by atoms with Crippen LogP contribution < -0.4 is 0 Å². The first kappa shape index (κ1) is 15.8. The zero-order valence-corrected chi connectivity index (χ0v) is 14.5. The SMILES string of the molecule is C=C1C[C@]23C[C@H]1CCC2[C@]1(C)CCC(=O)[C@](C)(CO)C1C[C@@H]3O. The summed E-state index contributed by atoms with van der Waals surface area (Å²) in [4.78, 5) is 12.6. The third-order valence-corrected chi connectivity index (χ3v) is 8.60. The lowest BCUT2D eigenvalue weighted by Gasteiger charge is -2.64. The number of Topliss-reactive ketones (excluding diaryl/α,β-unsaturated/α-hetero) is 1. The van der Waals surface area contributed by atoms with Crippen molar-refractivity contribution in [3.8, 4) is 0 Å². The minimum absolute atomic E-state index is 0.0119. The summed E-state index contributed by atoms with van der Waals surface area (Å²) in [5.74, 6) is 1.33. The molecule has 0 amide bonds. The van der Waals surface area contributed by atoms with Crippen molar-refractivity contribution in [2.45, 2.75) is 64.9 Å². The first-order valence-electron chi connectivity index (χ1n) is 9.28. The molecule has 0 aromatic rings. The van der Waals surface area contributed by atoms with Crippen LogP contribution in [0.4, 0.5) is 0 Å². The van der Waals surface area contributed by atoms with Crippen LogP contribution in [0.15, 0.2) is 12.2 Å². The van der Waals surface area contributed by atoms with E-state index in [9.17, 15) is 15.0 Å². The highest BCUT2D eigenvalue weighted by Crippen LogP contribution is 2.71. The molecule has 0 aromatic heterocycles. The van der Waals surface area contributed by atoms with Crippen molar-refractivity contribution >= 4 is 5.78 Å². The van der Waals surface area contributed by atoms with Crippen molar-refractivity contribution < 1.29 is 15.0 Å². The van der Waals surface area contributed by atoms with Crippen LogP contribution in [0.3, 0.4) is 0 Å². The second kappa shape index (κ2) is 4.70. The van der Waals surface area contributed by atoms with Gasteiger partial charge in [-0.15, -0.1) is 0 Å². The number of aliphatic hydroxyl groups is 2. The van der Waals surface area contributed by atoms with Crippen LogP contribution in [0.1, 0.15) is 58.8 Å². The Morgan fingerprint density at radius 2 is 2.00 bits per heavy atom. The van der Waals surface area contributed by atoms with Gasteiger partial charge in [-0.3, -0.25) is 4.79 Å². The second-order valence-corrected chi connectivity index (χ2v) is 9.41.